The van der Waals surface area contributed by atoms with Crippen molar-refractivity contribution in [2.24, 2.45) is 0 Å². The molecule has 1 aromatic carbocycles. The Morgan fingerprint density at radius 1 is 0.733 bits per heavy atom. The molecule has 0 aliphatic rings. The summed E-state index contributed by atoms with van der Waals surface area (Å²) in [5.74, 6) is 1.49. The van der Waals surface area contributed by atoms with Crippen LogP contribution in [0.15, 0.2) is 18.2 Å². The molecule has 1 rings (SSSR count). The standard InChI is InChI=1S/C26H45NO3/c1-4-7-8-9-10-11-12-13-14-15-16-17-18-19-26(28)27-24-22-23(29-5-2)20-21-25(24)30-6-3/h20-22H,4-19H2,1-3H3,(H,27,28). The van der Waals surface area contributed by atoms with E-state index in [0.717, 1.165) is 18.6 Å². The van der Waals surface area contributed by atoms with E-state index >= 15 is 0 Å². The summed E-state index contributed by atoms with van der Waals surface area (Å²) in [4.78, 5) is 12.3. The van der Waals surface area contributed by atoms with Gasteiger partial charge >= 0.3 is 0 Å². The van der Waals surface area contributed by atoms with Crippen molar-refractivity contribution < 1.29 is 14.3 Å². The SMILES string of the molecule is CCCCCCCCCCCCCCCC(=O)Nc1cc(OCC)ccc1OCC. The molecule has 0 aromatic heterocycles. The summed E-state index contributed by atoms with van der Waals surface area (Å²) in [6.07, 6.45) is 17.6. The molecule has 1 amide bonds. The Balaban J connectivity index is 2.11. The van der Waals surface area contributed by atoms with Crippen LogP contribution >= 0.6 is 0 Å². The maximum atomic E-state index is 12.3. The largest absolute Gasteiger partial charge is 0.494 e. The number of carbonyl (C=O) groups is 1. The van der Waals surface area contributed by atoms with E-state index in [4.69, 9.17) is 9.47 Å². The van der Waals surface area contributed by atoms with Gasteiger partial charge in [0.15, 0.2) is 0 Å². The molecule has 4 nitrogen and oxygen atoms in total. The number of ether oxygens (including phenoxy) is 2. The molecule has 4 heteroatoms. The molecular weight excluding hydrogens is 374 g/mol. The molecule has 0 heterocycles. The van der Waals surface area contributed by atoms with E-state index in [1.54, 1.807) is 0 Å². The minimum absolute atomic E-state index is 0.0488. The zero-order valence-electron chi connectivity index (χ0n) is 19.8. The van der Waals surface area contributed by atoms with Crippen molar-refractivity contribution in [2.75, 3.05) is 18.5 Å². The van der Waals surface area contributed by atoms with Gasteiger partial charge in [-0.2, -0.15) is 0 Å². The van der Waals surface area contributed by atoms with Crippen LogP contribution in [0.2, 0.25) is 0 Å². The Kier molecular flexibility index (Phi) is 15.9. The monoisotopic (exact) mass is 419 g/mol. The molecule has 0 spiro atoms. The first-order chi connectivity index (χ1) is 14.7. The summed E-state index contributed by atoms with van der Waals surface area (Å²) < 4.78 is 11.2. The molecule has 0 fully saturated rings. The molecule has 0 atom stereocenters. The first-order valence-electron chi connectivity index (χ1n) is 12.4. The zero-order chi connectivity index (χ0) is 21.9. The summed E-state index contributed by atoms with van der Waals surface area (Å²) in [5, 5.41) is 2.99. The van der Waals surface area contributed by atoms with Crippen LogP contribution < -0.4 is 14.8 Å². The first-order valence-corrected chi connectivity index (χ1v) is 12.4. The second kappa shape index (κ2) is 18.1. The molecule has 0 saturated carbocycles. The van der Waals surface area contributed by atoms with E-state index in [-0.39, 0.29) is 5.91 Å². The lowest BCUT2D eigenvalue weighted by atomic mass is 10.0. The molecule has 1 N–H and O–H groups in total. The highest BCUT2D eigenvalue weighted by Crippen LogP contribution is 2.29. The number of hydrogen-bond donors (Lipinski definition) is 1. The van der Waals surface area contributed by atoms with Gasteiger partial charge in [0, 0.05) is 12.5 Å². The van der Waals surface area contributed by atoms with Crippen molar-refractivity contribution in [3.05, 3.63) is 18.2 Å². The minimum Gasteiger partial charge on any atom is -0.494 e. The van der Waals surface area contributed by atoms with Crippen LogP contribution in [-0.4, -0.2) is 19.1 Å². The third-order valence-electron chi connectivity index (χ3n) is 5.34. The Morgan fingerprint density at radius 2 is 1.27 bits per heavy atom. The van der Waals surface area contributed by atoms with Crippen molar-refractivity contribution >= 4 is 11.6 Å². The van der Waals surface area contributed by atoms with Gasteiger partial charge in [0.1, 0.15) is 11.5 Å². The van der Waals surface area contributed by atoms with Crippen LogP contribution in [0.3, 0.4) is 0 Å². The normalized spacial score (nSPS) is 10.8. The van der Waals surface area contributed by atoms with Gasteiger partial charge in [0.25, 0.3) is 0 Å². The predicted molar refractivity (Wildman–Crippen MR) is 128 cm³/mol. The summed E-state index contributed by atoms with van der Waals surface area (Å²) in [5.41, 5.74) is 0.697. The zero-order valence-corrected chi connectivity index (χ0v) is 19.8. The van der Waals surface area contributed by atoms with E-state index in [9.17, 15) is 4.79 Å². The van der Waals surface area contributed by atoms with Crippen molar-refractivity contribution in [1.29, 1.82) is 0 Å². The van der Waals surface area contributed by atoms with Crippen LogP contribution in [0, 0.1) is 0 Å². The average molecular weight is 420 g/mol. The van der Waals surface area contributed by atoms with E-state index in [1.165, 1.54) is 70.6 Å². The van der Waals surface area contributed by atoms with Crippen molar-refractivity contribution in [3.63, 3.8) is 0 Å². The second-order valence-electron chi connectivity index (χ2n) is 8.06. The van der Waals surface area contributed by atoms with Gasteiger partial charge in [-0.1, -0.05) is 84.0 Å². The van der Waals surface area contributed by atoms with Crippen molar-refractivity contribution in [2.45, 2.75) is 111 Å². The molecule has 0 aliphatic heterocycles. The maximum absolute atomic E-state index is 12.3. The number of amides is 1. The van der Waals surface area contributed by atoms with Crippen molar-refractivity contribution in [1.82, 2.24) is 0 Å². The minimum atomic E-state index is 0.0488. The summed E-state index contributed by atoms with van der Waals surface area (Å²) in [7, 11) is 0. The van der Waals surface area contributed by atoms with Gasteiger partial charge in [0.05, 0.1) is 18.9 Å². The van der Waals surface area contributed by atoms with Crippen LogP contribution in [0.5, 0.6) is 11.5 Å². The number of benzene rings is 1. The van der Waals surface area contributed by atoms with E-state index in [2.05, 4.69) is 12.2 Å². The van der Waals surface area contributed by atoms with Gasteiger partial charge in [-0.3, -0.25) is 4.79 Å². The quantitative estimate of drug-likeness (QED) is 0.232. The fourth-order valence-electron chi connectivity index (χ4n) is 3.66. The molecule has 30 heavy (non-hydrogen) atoms. The number of carbonyl (C=O) groups excluding carboxylic acids is 1. The summed E-state index contributed by atoms with van der Waals surface area (Å²) >= 11 is 0. The number of hydrogen-bond acceptors (Lipinski definition) is 3. The van der Waals surface area contributed by atoms with Crippen LogP contribution in [-0.2, 0) is 4.79 Å². The highest BCUT2D eigenvalue weighted by atomic mass is 16.5. The number of unbranched alkanes of at least 4 members (excludes halogenated alkanes) is 12. The summed E-state index contributed by atoms with van der Waals surface area (Å²) in [6.45, 7) is 7.32. The average Bonchev–Trinajstić information content (AvgIpc) is 2.73. The molecule has 0 radical (unpaired) electrons. The Hall–Kier alpha value is -1.71. The van der Waals surface area contributed by atoms with Crippen LogP contribution in [0.4, 0.5) is 5.69 Å². The van der Waals surface area contributed by atoms with Gasteiger partial charge in [-0.25, -0.2) is 0 Å². The number of rotatable bonds is 19. The molecule has 0 saturated heterocycles. The third-order valence-corrected chi connectivity index (χ3v) is 5.34. The second-order valence-corrected chi connectivity index (χ2v) is 8.06. The number of anilines is 1. The fraction of sp³-hybridized carbons (Fsp3) is 0.731. The van der Waals surface area contributed by atoms with E-state index in [0.29, 0.717) is 31.1 Å². The third kappa shape index (κ3) is 12.8. The Bertz CT molecular complexity index is 559. The van der Waals surface area contributed by atoms with Crippen LogP contribution in [0.1, 0.15) is 111 Å². The molecule has 0 unspecified atom stereocenters. The molecule has 0 bridgehead atoms. The highest BCUT2D eigenvalue weighted by molar-refractivity contribution is 5.92. The molecule has 0 aliphatic carbocycles. The fourth-order valence-corrected chi connectivity index (χ4v) is 3.66. The molecule has 1 aromatic rings. The lowest BCUT2D eigenvalue weighted by molar-refractivity contribution is -0.116. The topological polar surface area (TPSA) is 47.6 Å². The maximum Gasteiger partial charge on any atom is 0.224 e. The van der Waals surface area contributed by atoms with E-state index < -0.39 is 0 Å². The Morgan fingerprint density at radius 3 is 1.80 bits per heavy atom. The predicted octanol–water partition coefficient (Wildman–Crippen LogP) is 7.90. The van der Waals surface area contributed by atoms with Crippen LogP contribution in [0.25, 0.3) is 0 Å². The van der Waals surface area contributed by atoms with Crippen molar-refractivity contribution in [3.8, 4) is 11.5 Å². The summed E-state index contributed by atoms with van der Waals surface area (Å²) in [6, 6.07) is 5.57. The van der Waals surface area contributed by atoms with Gasteiger partial charge < -0.3 is 14.8 Å². The van der Waals surface area contributed by atoms with Gasteiger partial charge in [-0.15, -0.1) is 0 Å². The van der Waals surface area contributed by atoms with E-state index in [1.807, 2.05) is 32.0 Å². The van der Waals surface area contributed by atoms with Gasteiger partial charge in [-0.05, 0) is 32.4 Å². The lowest BCUT2D eigenvalue weighted by Gasteiger charge is -2.13. The molecule has 172 valence electrons. The number of nitrogens with one attached hydrogen (secondary N) is 1. The smallest absolute Gasteiger partial charge is 0.224 e. The lowest BCUT2D eigenvalue weighted by Crippen LogP contribution is -2.12. The molecular formula is C26H45NO3. The van der Waals surface area contributed by atoms with Gasteiger partial charge in [0.2, 0.25) is 5.91 Å². The Labute approximate surface area is 185 Å². The highest BCUT2D eigenvalue weighted by Gasteiger charge is 2.09. The first kappa shape index (κ1) is 26.3.